The summed E-state index contributed by atoms with van der Waals surface area (Å²) in [4.78, 5) is 37.6. The summed E-state index contributed by atoms with van der Waals surface area (Å²) in [6, 6.07) is 0. The van der Waals surface area contributed by atoms with Gasteiger partial charge < -0.3 is 28.5 Å². The molecule has 2 unspecified atom stereocenters. The van der Waals surface area contributed by atoms with E-state index in [1.54, 1.807) is 0 Å². The second-order valence-electron chi connectivity index (χ2n) is 23.8. The van der Waals surface area contributed by atoms with E-state index in [1.807, 2.05) is 21.1 Å². The van der Waals surface area contributed by atoms with E-state index in [1.165, 1.54) is 225 Å². The summed E-state index contributed by atoms with van der Waals surface area (Å²) in [6.07, 6.45) is 76.0. The van der Waals surface area contributed by atoms with Gasteiger partial charge in [-0.05, 0) is 83.5 Å². The van der Waals surface area contributed by atoms with Crippen molar-refractivity contribution >= 4 is 17.9 Å². The molecule has 0 saturated carbocycles. The number of unbranched alkanes of at least 4 members (excludes halogenated alkanes) is 37. The first-order chi connectivity index (χ1) is 38.6. The van der Waals surface area contributed by atoms with E-state index in [0.717, 1.165) is 57.8 Å². The van der Waals surface area contributed by atoms with Crippen molar-refractivity contribution < 1.29 is 42.9 Å². The smallest absolute Gasteiger partial charge is 0.361 e. The van der Waals surface area contributed by atoms with Gasteiger partial charge in [-0.15, -0.1) is 0 Å². The van der Waals surface area contributed by atoms with Gasteiger partial charge in [0.05, 0.1) is 34.4 Å². The highest BCUT2D eigenvalue weighted by Gasteiger charge is 2.25. The molecule has 0 heterocycles. The molecule has 9 nitrogen and oxygen atoms in total. The molecule has 0 aliphatic carbocycles. The predicted molar refractivity (Wildman–Crippen MR) is 336 cm³/mol. The molecule has 9 heteroatoms. The monoisotopic (exact) mass is 1110 g/mol. The Morgan fingerprint density at radius 2 is 0.684 bits per heavy atom. The van der Waals surface area contributed by atoms with Crippen LogP contribution in [0.2, 0.25) is 0 Å². The summed E-state index contributed by atoms with van der Waals surface area (Å²) in [7, 11) is 5.98. The summed E-state index contributed by atoms with van der Waals surface area (Å²) < 4.78 is 23.0. The van der Waals surface area contributed by atoms with E-state index < -0.39 is 24.3 Å². The summed E-state index contributed by atoms with van der Waals surface area (Å²) >= 11 is 0. The van der Waals surface area contributed by atoms with Crippen molar-refractivity contribution in [3.8, 4) is 0 Å². The van der Waals surface area contributed by atoms with Gasteiger partial charge in [-0.25, -0.2) is 4.79 Å². The zero-order valence-electron chi connectivity index (χ0n) is 52.5. The zero-order valence-corrected chi connectivity index (χ0v) is 52.5. The lowest BCUT2D eigenvalue weighted by atomic mass is 10.0. The molecule has 0 bridgehead atoms. The minimum Gasteiger partial charge on any atom is -0.477 e. The molecule has 0 saturated heterocycles. The number of hydrogen-bond donors (Lipinski definition) is 1. The van der Waals surface area contributed by atoms with E-state index in [0.29, 0.717) is 17.4 Å². The van der Waals surface area contributed by atoms with Crippen LogP contribution in [-0.2, 0) is 33.3 Å². The van der Waals surface area contributed by atoms with E-state index in [-0.39, 0.29) is 32.2 Å². The summed E-state index contributed by atoms with van der Waals surface area (Å²) in [5.74, 6) is -1.99. The van der Waals surface area contributed by atoms with Gasteiger partial charge >= 0.3 is 17.9 Å². The molecule has 0 spiro atoms. The molecule has 0 radical (unpaired) electrons. The van der Waals surface area contributed by atoms with Crippen molar-refractivity contribution in [3.63, 3.8) is 0 Å². The van der Waals surface area contributed by atoms with Crippen LogP contribution in [0.15, 0.2) is 60.8 Å². The molecule has 0 aliphatic rings. The number of allylic oxidation sites excluding steroid dienone is 10. The molecular weight excluding hydrogens is 983 g/mol. The molecule has 79 heavy (non-hydrogen) atoms. The Morgan fingerprint density at radius 1 is 0.380 bits per heavy atom. The van der Waals surface area contributed by atoms with E-state index in [4.69, 9.17) is 18.9 Å². The lowest BCUT2D eigenvalue weighted by molar-refractivity contribution is -0.870. The number of carboxylic acid groups (broad SMARTS) is 1. The number of carboxylic acids is 1. The molecular formula is C70H128NO8+. The highest BCUT2D eigenvalue weighted by Crippen LogP contribution is 2.17. The van der Waals surface area contributed by atoms with Crippen LogP contribution in [0, 0.1) is 0 Å². The molecule has 0 rings (SSSR count). The van der Waals surface area contributed by atoms with E-state index in [2.05, 4.69) is 74.6 Å². The van der Waals surface area contributed by atoms with Crippen LogP contribution < -0.4 is 0 Å². The second kappa shape index (κ2) is 61.1. The number of esters is 2. The van der Waals surface area contributed by atoms with Crippen LogP contribution in [0.5, 0.6) is 0 Å². The van der Waals surface area contributed by atoms with Crippen LogP contribution in [0.25, 0.3) is 0 Å². The summed E-state index contributed by atoms with van der Waals surface area (Å²) in [6.45, 7) is 4.89. The van der Waals surface area contributed by atoms with E-state index >= 15 is 0 Å². The Bertz CT molecular complexity index is 1480. The summed E-state index contributed by atoms with van der Waals surface area (Å²) in [5, 5.41) is 9.74. The number of carbonyl (C=O) groups excluding carboxylic acids is 2. The first-order valence-corrected chi connectivity index (χ1v) is 33.5. The number of likely N-dealkylation sites (N-methyl/N-ethyl adjacent to an activating group) is 1. The number of hydrogen-bond acceptors (Lipinski definition) is 7. The Labute approximate surface area is 488 Å². The molecule has 1 N–H and O–H groups in total. The minimum absolute atomic E-state index is 0.182. The molecule has 460 valence electrons. The van der Waals surface area contributed by atoms with Crippen molar-refractivity contribution in [2.24, 2.45) is 0 Å². The fourth-order valence-electron chi connectivity index (χ4n) is 9.58. The van der Waals surface area contributed by atoms with E-state index in [9.17, 15) is 19.5 Å². The number of ether oxygens (including phenoxy) is 4. The largest absolute Gasteiger partial charge is 0.477 e. The summed E-state index contributed by atoms with van der Waals surface area (Å²) in [5.41, 5.74) is 0. The lowest BCUT2D eigenvalue weighted by Gasteiger charge is -2.25. The molecule has 0 amide bonds. The third-order valence-electron chi connectivity index (χ3n) is 14.7. The fourth-order valence-corrected chi connectivity index (χ4v) is 9.58. The standard InChI is InChI=1S/C70H127NO8/c1-6-8-10-12-14-16-18-20-22-24-26-28-30-32-34-36-38-40-42-44-46-48-50-52-54-56-58-60-67(72)77-64-66(65-78-70(69(74)75)76-63-62-71(3,4)5)79-68(73)61-59-57-55-53-51-49-47-45-43-41-39-37-35-33-31-29-27-25-23-21-19-17-15-13-11-9-7-2/h18-21,24-27,31,33,66,70H,6-17,22-23,28-30,32,34-65H2,1-5H3/p+1/b20-18-,21-19-,26-24-,27-25-,33-31-. The predicted octanol–water partition coefficient (Wildman–Crippen LogP) is 20.4. The number of aliphatic carboxylic acids is 1. The number of quaternary nitrogens is 1. The average molecular weight is 1110 g/mol. The van der Waals surface area contributed by atoms with Crippen LogP contribution in [0.3, 0.4) is 0 Å². The number of rotatable bonds is 62. The van der Waals surface area contributed by atoms with Crippen molar-refractivity contribution in [2.75, 3.05) is 47.5 Å². The third kappa shape index (κ3) is 62.4. The quantitative estimate of drug-likeness (QED) is 0.0211. The molecule has 0 aromatic rings. The van der Waals surface area contributed by atoms with Crippen LogP contribution in [-0.4, -0.2) is 87.4 Å². The lowest BCUT2D eigenvalue weighted by Crippen LogP contribution is -2.40. The Hall–Kier alpha value is -3.01. The maximum absolute atomic E-state index is 12.9. The van der Waals surface area contributed by atoms with Gasteiger partial charge in [0.2, 0.25) is 0 Å². The van der Waals surface area contributed by atoms with Gasteiger partial charge in [0.1, 0.15) is 13.2 Å². The highest BCUT2D eigenvalue weighted by atomic mass is 16.7. The van der Waals surface area contributed by atoms with Crippen molar-refractivity contribution in [2.45, 2.75) is 322 Å². The number of nitrogens with zero attached hydrogens (tertiary/aromatic N) is 1. The van der Waals surface area contributed by atoms with Gasteiger partial charge in [-0.1, -0.05) is 274 Å². The molecule has 0 aliphatic heterocycles. The van der Waals surface area contributed by atoms with Crippen LogP contribution >= 0.6 is 0 Å². The van der Waals surface area contributed by atoms with Gasteiger partial charge in [0.25, 0.3) is 6.29 Å². The highest BCUT2D eigenvalue weighted by molar-refractivity contribution is 5.71. The first-order valence-electron chi connectivity index (χ1n) is 33.5. The first kappa shape index (κ1) is 76.0. The van der Waals surface area contributed by atoms with Gasteiger partial charge in [-0.2, -0.15) is 0 Å². The maximum Gasteiger partial charge on any atom is 0.361 e. The van der Waals surface area contributed by atoms with Gasteiger partial charge in [0, 0.05) is 12.8 Å². The second-order valence-corrected chi connectivity index (χ2v) is 23.8. The number of carbonyl (C=O) groups is 3. The SMILES string of the molecule is CCCCCCC/C=C\C/C=C\C/C=C\CCCCCCCCCCCCCCC(=O)OC(COC(=O)CCCCCCCCCCCCCCCCC/C=C\C/C=C\CCCCCCC)COC(OCC[N+](C)(C)C)C(=O)O. The van der Waals surface area contributed by atoms with Crippen molar-refractivity contribution in [3.05, 3.63) is 60.8 Å². The van der Waals surface area contributed by atoms with Crippen molar-refractivity contribution in [1.82, 2.24) is 0 Å². The fraction of sp³-hybridized carbons (Fsp3) is 0.814. The third-order valence-corrected chi connectivity index (χ3v) is 14.7. The Morgan fingerprint density at radius 3 is 1.01 bits per heavy atom. The minimum atomic E-state index is -1.51. The van der Waals surface area contributed by atoms with Crippen LogP contribution in [0.1, 0.15) is 309 Å². The van der Waals surface area contributed by atoms with Gasteiger partial charge in [-0.3, -0.25) is 9.59 Å². The molecule has 0 fully saturated rings. The molecule has 0 aromatic heterocycles. The zero-order chi connectivity index (χ0) is 57.6. The molecule has 2 atom stereocenters. The van der Waals surface area contributed by atoms with Gasteiger partial charge in [0.15, 0.2) is 6.10 Å². The normalized spacial score (nSPS) is 13.1. The average Bonchev–Trinajstić information content (AvgIpc) is 3.42. The Balaban J connectivity index is 4.15. The Kier molecular flexibility index (Phi) is 58.7. The topological polar surface area (TPSA) is 108 Å². The maximum atomic E-state index is 12.9. The van der Waals surface area contributed by atoms with Crippen molar-refractivity contribution in [1.29, 1.82) is 0 Å². The van der Waals surface area contributed by atoms with Crippen LogP contribution in [0.4, 0.5) is 0 Å². The molecule has 0 aromatic carbocycles.